The van der Waals surface area contributed by atoms with Crippen molar-refractivity contribution in [2.45, 2.75) is 12.6 Å². The van der Waals surface area contributed by atoms with Gasteiger partial charge in [-0.05, 0) is 23.3 Å². The Labute approximate surface area is 118 Å². The molecule has 0 fully saturated rings. The predicted molar refractivity (Wildman–Crippen MR) is 77.8 cm³/mol. The normalized spacial score (nSPS) is 12.1. The number of hydrogen-bond acceptors (Lipinski definition) is 4. The van der Waals surface area contributed by atoms with Crippen molar-refractivity contribution in [1.29, 1.82) is 0 Å². The van der Waals surface area contributed by atoms with E-state index in [-0.39, 0.29) is 5.75 Å². The molecule has 2 rings (SSSR count). The molecule has 0 aromatic heterocycles. The summed E-state index contributed by atoms with van der Waals surface area (Å²) in [5.41, 5.74) is 1.82. The molecule has 0 saturated heterocycles. The molecule has 1 unspecified atom stereocenters. The van der Waals surface area contributed by atoms with Gasteiger partial charge in [0.25, 0.3) is 0 Å². The summed E-state index contributed by atoms with van der Waals surface area (Å²) in [6.45, 7) is 1.03. The van der Waals surface area contributed by atoms with Gasteiger partial charge in [0.05, 0.1) is 13.2 Å². The summed E-state index contributed by atoms with van der Waals surface area (Å²) in [6, 6.07) is 14.8. The molecule has 2 aromatic carbocycles. The van der Waals surface area contributed by atoms with Gasteiger partial charge in [0, 0.05) is 13.1 Å². The maximum absolute atomic E-state index is 10.0. The van der Waals surface area contributed by atoms with E-state index in [1.807, 2.05) is 36.4 Å². The third-order valence-corrected chi connectivity index (χ3v) is 3.09. The summed E-state index contributed by atoms with van der Waals surface area (Å²) in [6.07, 6.45) is -0.539. The molecule has 106 valence electrons. The van der Waals surface area contributed by atoms with E-state index in [0.717, 1.165) is 11.1 Å². The molecule has 0 bridgehead atoms. The largest absolute Gasteiger partial charge is 0.504 e. The Hall–Kier alpha value is -2.04. The van der Waals surface area contributed by atoms with Gasteiger partial charge in [-0.3, -0.25) is 0 Å². The number of phenols is 1. The van der Waals surface area contributed by atoms with Crippen molar-refractivity contribution in [2.75, 3.05) is 13.7 Å². The first-order valence-corrected chi connectivity index (χ1v) is 6.50. The highest BCUT2D eigenvalue weighted by atomic mass is 16.5. The second-order valence-corrected chi connectivity index (χ2v) is 4.56. The third kappa shape index (κ3) is 3.73. The minimum atomic E-state index is -0.539. The maximum atomic E-state index is 10.0. The quantitative estimate of drug-likeness (QED) is 0.755. The molecular formula is C16H19NO3. The molecule has 3 N–H and O–H groups in total. The van der Waals surface area contributed by atoms with E-state index in [1.165, 1.54) is 7.11 Å². The SMILES string of the molecule is COc1ccc(CNCC(O)c2ccccc2)cc1O. The Kier molecular flexibility index (Phi) is 4.98. The fraction of sp³-hybridized carbons (Fsp3) is 0.250. The lowest BCUT2D eigenvalue weighted by molar-refractivity contribution is 0.174. The van der Waals surface area contributed by atoms with Crippen LogP contribution in [0.25, 0.3) is 0 Å². The van der Waals surface area contributed by atoms with Crippen molar-refractivity contribution in [3.63, 3.8) is 0 Å². The van der Waals surface area contributed by atoms with Crippen molar-refractivity contribution in [3.05, 3.63) is 59.7 Å². The fourth-order valence-electron chi connectivity index (χ4n) is 1.99. The van der Waals surface area contributed by atoms with Crippen LogP contribution >= 0.6 is 0 Å². The lowest BCUT2D eigenvalue weighted by atomic mass is 10.1. The molecule has 0 amide bonds. The van der Waals surface area contributed by atoms with Crippen molar-refractivity contribution in [2.24, 2.45) is 0 Å². The van der Waals surface area contributed by atoms with Crippen molar-refractivity contribution < 1.29 is 14.9 Å². The van der Waals surface area contributed by atoms with Crippen LogP contribution < -0.4 is 10.1 Å². The number of benzene rings is 2. The number of nitrogens with one attached hydrogen (secondary N) is 1. The van der Waals surface area contributed by atoms with Crippen molar-refractivity contribution in [3.8, 4) is 11.5 Å². The first-order valence-electron chi connectivity index (χ1n) is 6.50. The smallest absolute Gasteiger partial charge is 0.160 e. The Balaban J connectivity index is 1.85. The first-order chi connectivity index (χ1) is 9.70. The molecule has 4 heteroatoms. The Bertz CT molecular complexity index is 543. The van der Waals surface area contributed by atoms with Crippen LogP contribution in [0.4, 0.5) is 0 Å². The Morgan fingerprint density at radius 2 is 1.90 bits per heavy atom. The van der Waals surface area contributed by atoms with Gasteiger partial charge < -0.3 is 20.3 Å². The standard InChI is InChI=1S/C16H19NO3/c1-20-16-8-7-12(9-14(16)18)10-17-11-15(19)13-5-3-2-4-6-13/h2-9,15,17-19H,10-11H2,1H3. The monoisotopic (exact) mass is 273 g/mol. The number of rotatable bonds is 6. The average Bonchev–Trinajstić information content (AvgIpc) is 2.48. The lowest BCUT2D eigenvalue weighted by Gasteiger charge is -2.12. The highest BCUT2D eigenvalue weighted by Crippen LogP contribution is 2.26. The fourth-order valence-corrected chi connectivity index (χ4v) is 1.99. The van der Waals surface area contributed by atoms with Gasteiger partial charge in [-0.15, -0.1) is 0 Å². The van der Waals surface area contributed by atoms with Crippen LogP contribution in [0, 0.1) is 0 Å². The van der Waals surface area contributed by atoms with Crippen LogP contribution in [0.15, 0.2) is 48.5 Å². The van der Waals surface area contributed by atoms with E-state index in [4.69, 9.17) is 4.74 Å². The summed E-state index contributed by atoms with van der Waals surface area (Å²) in [5, 5.41) is 22.8. The van der Waals surface area contributed by atoms with Gasteiger partial charge in [-0.1, -0.05) is 36.4 Å². The second kappa shape index (κ2) is 6.93. The maximum Gasteiger partial charge on any atom is 0.160 e. The second-order valence-electron chi connectivity index (χ2n) is 4.56. The molecule has 0 radical (unpaired) electrons. The van der Waals surface area contributed by atoms with Crippen LogP contribution in [-0.4, -0.2) is 23.9 Å². The Morgan fingerprint density at radius 3 is 2.55 bits per heavy atom. The molecule has 0 heterocycles. The lowest BCUT2D eigenvalue weighted by Crippen LogP contribution is -2.21. The van der Waals surface area contributed by atoms with E-state index >= 15 is 0 Å². The first kappa shape index (κ1) is 14.4. The van der Waals surface area contributed by atoms with Gasteiger partial charge in [0.1, 0.15) is 0 Å². The number of phenolic OH excluding ortho intramolecular Hbond substituents is 1. The number of aromatic hydroxyl groups is 1. The molecule has 0 aliphatic heterocycles. The minimum Gasteiger partial charge on any atom is -0.504 e. The minimum absolute atomic E-state index is 0.121. The van der Waals surface area contributed by atoms with Crippen molar-refractivity contribution in [1.82, 2.24) is 5.32 Å². The number of methoxy groups -OCH3 is 1. The molecule has 0 saturated carbocycles. The van der Waals surface area contributed by atoms with Crippen LogP contribution in [-0.2, 0) is 6.54 Å². The molecule has 0 spiro atoms. The van der Waals surface area contributed by atoms with E-state index < -0.39 is 6.10 Å². The Morgan fingerprint density at radius 1 is 1.15 bits per heavy atom. The predicted octanol–water partition coefficient (Wildman–Crippen LogP) is 2.22. The van der Waals surface area contributed by atoms with Gasteiger partial charge in [-0.2, -0.15) is 0 Å². The summed E-state index contributed by atoms with van der Waals surface area (Å²) in [5.74, 6) is 0.577. The van der Waals surface area contributed by atoms with Crippen molar-refractivity contribution >= 4 is 0 Å². The topological polar surface area (TPSA) is 61.7 Å². The van der Waals surface area contributed by atoms with Crippen LogP contribution in [0.2, 0.25) is 0 Å². The summed E-state index contributed by atoms with van der Waals surface area (Å²) >= 11 is 0. The van der Waals surface area contributed by atoms with Crippen LogP contribution in [0.3, 0.4) is 0 Å². The summed E-state index contributed by atoms with van der Waals surface area (Å²) in [4.78, 5) is 0. The molecule has 0 aliphatic carbocycles. The van der Waals surface area contributed by atoms with Gasteiger partial charge >= 0.3 is 0 Å². The zero-order valence-corrected chi connectivity index (χ0v) is 11.4. The van der Waals surface area contributed by atoms with Gasteiger partial charge in [-0.25, -0.2) is 0 Å². The molecule has 0 aliphatic rings. The number of aliphatic hydroxyl groups excluding tert-OH is 1. The van der Waals surface area contributed by atoms with Gasteiger partial charge in [0.15, 0.2) is 11.5 Å². The van der Waals surface area contributed by atoms with E-state index in [9.17, 15) is 10.2 Å². The number of hydrogen-bond donors (Lipinski definition) is 3. The highest BCUT2D eigenvalue weighted by molar-refractivity contribution is 5.41. The molecule has 1 atom stereocenters. The third-order valence-electron chi connectivity index (χ3n) is 3.09. The number of ether oxygens (including phenoxy) is 1. The molecule has 4 nitrogen and oxygen atoms in total. The molecular weight excluding hydrogens is 254 g/mol. The summed E-state index contributed by atoms with van der Waals surface area (Å²) in [7, 11) is 1.52. The van der Waals surface area contributed by atoms with E-state index in [2.05, 4.69) is 5.32 Å². The zero-order valence-electron chi connectivity index (χ0n) is 11.4. The zero-order chi connectivity index (χ0) is 14.4. The average molecular weight is 273 g/mol. The molecule has 20 heavy (non-hydrogen) atoms. The summed E-state index contributed by atoms with van der Waals surface area (Å²) < 4.78 is 4.99. The molecule has 2 aromatic rings. The van der Waals surface area contributed by atoms with Gasteiger partial charge in [0.2, 0.25) is 0 Å². The van der Waals surface area contributed by atoms with Crippen LogP contribution in [0.1, 0.15) is 17.2 Å². The number of aliphatic hydroxyl groups is 1. The highest BCUT2D eigenvalue weighted by Gasteiger charge is 2.07. The van der Waals surface area contributed by atoms with E-state index in [1.54, 1.807) is 12.1 Å². The van der Waals surface area contributed by atoms with Crippen LogP contribution in [0.5, 0.6) is 11.5 Å². The van der Waals surface area contributed by atoms with E-state index in [0.29, 0.717) is 18.8 Å².